The number of fused-ring (bicyclic) bond motifs is 2. The van der Waals surface area contributed by atoms with E-state index in [4.69, 9.17) is 9.47 Å². The van der Waals surface area contributed by atoms with Gasteiger partial charge in [-0.05, 0) is 29.8 Å². The molecule has 3 aromatic carbocycles. The summed E-state index contributed by atoms with van der Waals surface area (Å²) in [4.78, 5) is 28.4. The van der Waals surface area contributed by atoms with Crippen LogP contribution >= 0.6 is 0 Å². The monoisotopic (exact) mass is 496 g/mol. The van der Waals surface area contributed by atoms with Gasteiger partial charge in [-0.1, -0.05) is 42.5 Å². The van der Waals surface area contributed by atoms with Gasteiger partial charge >= 0.3 is 0 Å². The number of para-hydroxylation sites is 3. The number of hydrogen-bond donors (Lipinski definition) is 2. The first-order valence-corrected chi connectivity index (χ1v) is 12.1. The standard InChI is InChI=1S/C29H28N4O4/c1-36-27-13-7-10-20(29(27)37-2)23(22-16-30-24-11-5-3-8-19(22)24)17-31-28(35)14-15-33-25-12-6-4-9-21(25)26(34)18-32-33/h3-13,16,18,23,30H,14-15,17H2,1-2H3,(H,31,35). The molecule has 188 valence electrons. The second kappa shape index (κ2) is 10.6. The van der Waals surface area contributed by atoms with Gasteiger partial charge in [0.1, 0.15) is 0 Å². The van der Waals surface area contributed by atoms with Gasteiger partial charge in [-0.2, -0.15) is 5.10 Å². The van der Waals surface area contributed by atoms with Crippen LogP contribution in [0.4, 0.5) is 0 Å². The molecule has 2 N–H and O–H groups in total. The number of methoxy groups -OCH3 is 2. The summed E-state index contributed by atoms with van der Waals surface area (Å²) in [5.74, 6) is 0.971. The second-order valence-electron chi connectivity index (χ2n) is 8.73. The lowest BCUT2D eigenvalue weighted by Gasteiger charge is -2.22. The Balaban J connectivity index is 1.40. The third-order valence-electron chi connectivity index (χ3n) is 6.62. The number of carbonyl (C=O) groups excluding carboxylic acids is 1. The minimum atomic E-state index is -0.184. The highest BCUT2D eigenvalue weighted by Gasteiger charge is 2.24. The predicted octanol–water partition coefficient (Wildman–Crippen LogP) is 4.23. The third kappa shape index (κ3) is 4.78. The van der Waals surface area contributed by atoms with Crippen molar-refractivity contribution in [1.29, 1.82) is 0 Å². The molecule has 5 aromatic rings. The molecule has 0 aliphatic carbocycles. The molecule has 1 amide bonds. The topological polar surface area (TPSA) is 98.2 Å². The van der Waals surface area contributed by atoms with Crippen LogP contribution in [0.1, 0.15) is 23.5 Å². The van der Waals surface area contributed by atoms with Gasteiger partial charge in [-0.3, -0.25) is 14.3 Å². The maximum absolute atomic E-state index is 13.0. The number of aromatic amines is 1. The lowest BCUT2D eigenvalue weighted by atomic mass is 9.89. The molecule has 0 aliphatic heterocycles. The van der Waals surface area contributed by atoms with Crippen molar-refractivity contribution in [3.63, 3.8) is 0 Å². The highest BCUT2D eigenvalue weighted by atomic mass is 16.5. The average Bonchev–Trinajstić information content (AvgIpc) is 3.36. The van der Waals surface area contributed by atoms with E-state index < -0.39 is 0 Å². The van der Waals surface area contributed by atoms with E-state index >= 15 is 0 Å². The molecule has 2 heterocycles. The smallest absolute Gasteiger partial charge is 0.221 e. The minimum Gasteiger partial charge on any atom is -0.493 e. The zero-order valence-corrected chi connectivity index (χ0v) is 20.7. The van der Waals surface area contributed by atoms with Gasteiger partial charge in [0, 0.05) is 46.9 Å². The quantitative estimate of drug-likeness (QED) is 0.318. The fourth-order valence-corrected chi connectivity index (χ4v) is 4.81. The van der Waals surface area contributed by atoms with Crippen LogP contribution in [0, 0.1) is 0 Å². The summed E-state index contributed by atoms with van der Waals surface area (Å²) in [5.41, 5.74) is 3.56. The van der Waals surface area contributed by atoms with Crippen molar-refractivity contribution < 1.29 is 14.3 Å². The molecular formula is C29H28N4O4. The predicted molar refractivity (Wildman–Crippen MR) is 143 cm³/mol. The summed E-state index contributed by atoms with van der Waals surface area (Å²) < 4.78 is 13.0. The van der Waals surface area contributed by atoms with Gasteiger partial charge in [0.05, 0.1) is 32.5 Å². The van der Waals surface area contributed by atoms with Gasteiger partial charge < -0.3 is 19.8 Å². The van der Waals surface area contributed by atoms with Crippen LogP contribution in [-0.4, -0.2) is 41.4 Å². The van der Waals surface area contributed by atoms with Crippen molar-refractivity contribution in [2.24, 2.45) is 0 Å². The number of carbonyl (C=O) groups is 1. The van der Waals surface area contributed by atoms with E-state index in [2.05, 4.69) is 21.5 Å². The molecule has 5 rings (SSSR count). The summed E-state index contributed by atoms with van der Waals surface area (Å²) in [5, 5.41) is 8.99. The Bertz CT molecular complexity index is 1620. The number of amides is 1. The normalized spacial score (nSPS) is 11.9. The van der Waals surface area contributed by atoms with Crippen LogP contribution in [0.5, 0.6) is 11.5 Å². The van der Waals surface area contributed by atoms with Crippen LogP contribution in [0.3, 0.4) is 0 Å². The number of hydrogen-bond acceptors (Lipinski definition) is 5. The number of H-pyrrole nitrogens is 1. The van der Waals surface area contributed by atoms with Crippen molar-refractivity contribution in [2.45, 2.75) is 18.9 Å². The molecule has 8 nitrogen and oxygen atoms in total. The molecule has 0 fully saturated rings. The Labute approximate surface area is 213 Å². The van der Waals surface area contributed by atoms with Crippen molar-refractivity contribution in [1.82, 2.24) is 20.1 Å². The first-order chi connectivity index (χ1) is 18.1. The number of nitrogens with zero attached hydrogens (tertiary/aromatic N) is 2. The number of aromatic nitrogens is 3. The number of aryl methyl sites for hydroxylation is 1. The molecule has 0 bridgehead atoms. The van der Waals surface area contributed by atoms with Crippen LogP contribution in [0.2, 0.25) is 0 Å². The number of nitrogens with one attached hydrogen (secondary N) is 2. The lowest BCUT2D eigenvalue weighted by molar-refractivity contribution is -0.121. The maximum atomic E-state index is 13.0. The Hall–Kier alpha value is -4.59. The largest absolute Gasteiger partial charge is 0.493 e. The average molecular weight is 497 g/mol. The summed E-state index contributed by atoms with van der Waals surface area (Å²) in [6.07, 6.45) is 3.49. The number of rotatable bonds is 9. The second-order valence-corrected chi connectivity index (χ2v) is 8.73. The third-order valence-corrected chi connectivity index (χ3v) is 6.62. The molecule has 1 unspecified atom stereocenters. The molecule has 0 saturated heterocycles. The van der Waals surface area contributed by atoms with Gasteiger partial charge in [-0.15, -0.1) is 0 Å². The molecule has 0 spiro atoms. The molecule has 1 atom stereocenters. The highest BCUT2D eigenvalue weighted by molar-refractivity contribution is 5.85. The Morgan fingerprint density at radius 2 is 1.76 bits per heavy atom. The van der Waals surface area contributed by atoms with E-state index in [1.807, 2.05) is 60.8 Å². The Morgan fingerprint density at radius 3 is 2.57 bits per heavy atom. The maximum Gasteiger partial charge on any atom is 0.221 e. The van der Waals surface area contributed by atoms with Crippen LogP contribution < -0.4 is 20.2 Å². The summed E-state index contributed by atoms with van der Waals surface area (Å²) in [6, 6.07) is 21.1. The number of benzene rings is 3. The summed E-state index contributed by atoms with van der Waals surface area (Å²) in [6.45, 7) is 0.718. The molecule has 0 aliphatic rings. The van der Waals surface area contributed by atoms with E-state index in [1.54, 1.807) is 25.0 Å². The van der Waals surface area contributed by atoms with Crippen LogP contribution in [0.25, 0.3) is 21.8 Å². The molecular weight excluding hydrogens is 468 g/mol. The fraction of sp³-hybridized carbons (Fsp3) is 0.207. The minimum absolute atomic E-state index is 0.115. The van der Waals surface area contributed by atoms with Crippen molar-refractivity contribution in [3.05, 3.63) is 100 Å². The van der Waals surface area contributed by atoms with Crippen LogP contribution in [-0.2, 0) is 11.3 Å². The van der Waals surface area contributed by atoms with Crippen molar-refractivity contribution in [2.75, 3.05) is 20.8 Å². The van der Waals surface area contributed by atoms with E-state index in [-0.39, 0.29) is 23.7 Å². The fourth-order valence-electron chi connectivity index (χ4n) is 4.81. The van der Waals surface area contributed by atoms with Crippen LogP contribution in [0.15, 0.2) is 83.9 Å². The highest BCUT2D eigenvalue weighted by Crippen LogP contribution is 2.40. The van der Waals surface area contributed by atoms with E-state index in [0.29, 0.717) is 35.5 Å². The van der Waals surface area contributed by atoms with Gasteiger partial charge in [0.25, 0.3) is 0 Å². The van der Waals surface area contributed by atoms with E-state index in [0.717, 1.165) is 22.0 Å². The van der Waals surface area contributed by atoms with E-state index in [9.17, 15) is 9.59 Å². The summed E-state index contributed by atoms with van der Waals surface area (Å²) in [7, 11) is 3.23. The van der Waals surface area contributed by atoms with Gasteiger partial charge in [0.15, 0.2) is 11.5 Å². The van der Waals surface area contributed by atoms with E-state index in [1.165, 1.54) is 6.20 Å². The first-order valence-electron chi connectivity index (χ1n) is 12.1. The molecule has 8 heteroatoms. The van der Waals surface area contributed by atoms with Crippen molar-refractivity contribution in [3.8, 4) is 11.5 Å². The first kappa shape index (κ1) is 24.1. The summed E-state index contributed by atoms with van der Waals surface area (Å²) >= 11 is 0. The Kier molecular flexibility index (Phi) is 6.89. The zero-order chi connectivity index (χ0) is 25.8. The zero-order valence-electron chi connectivity index (χ0n) is 20.7. The molecule has 0 saturated carbocycles. The number of ether oxygens (including phenoxy) is 2. The molecule has 37 heavy (non-hydrogen) atoms. The van der Waals surface area contributed by atoms with Crippen molar-refractivity contribution >= 4 is 27.7 Å². The molecule has 2 aromatic heterocycles. The van der Waals surface area contributed by atoms with Gasteiger partial charge in [-0.25, -0.2) is 0 Å². The lowest BCUT2D eigenvalue weighted by Crippen LogP contribution is -2.30. The SMILES string of the molecule is COc1cccc(C(CNC(=O)CCn2ncc(=O)c3ccccc32)c2c[nH]c3ccccc23)c1OC. The van der Waals surface area contributed by atoms with Gasteiger partial charge in [0.2, 0.25) is 11.3 Å². The molecule has 0 radical (unpaired) electrons. The Morgan fingerprint density at radius 1 is 0.973 bits per heavy atom.